The average molecular weight is 437 g/mol. The monoisotopic (exact) mass is 436 g/mol. The summed E-state index contributed by atoms with van der Waals surface area (Å²) >= 11 is 0. The van der Waals surface area contributed by atoms with Gasteiger partial charge in [-0.2, -0.15) is 0 Å². The third-order valence-electron chi connectivity index (χ3n) is 7.62. The van der Waals surface area contributed by atoms with Crippen LogP contribution in [0.1, 0.15) is 58.3 Å². The molecule has 0 radical (unpaired) electrons. The molecule has 2 heterocycles. The maximum Gasteiger partial charge on any atom is 0.315 e. The molecule has 2 aliphatic carbocycles. The van der Waals surface area contributed by atoms with Gasteiger partial charge in [-0.25, -0.2) is 9.18 Å². The summed E-state index contributed by atoms with van der Waals surface area (Å²) < 4.78 is 14.1. The first-order chi connectivity index (χ1) is 14.8. The van der Waals surface area contributed by atoms with Gasteiger partial charge in [0.05, 0.1) is 6.04 Å². The quantitative estimate of drug-likeness (QED) is 0.581. The lowest BCUT2D eigenvalue weighted by molar-refractivity contribution is -0.144. The van der Waals surface area contributed by atoms with Crippen molar-refractivity contribution in [3.8, 4) is 0 Å². The summed E-state index contributed by atoms with van der Waals surface area (Å²) in [6.45, 7) is 3.10. The molecule has 4 fully saturated rings. The van der Waals surface area contributed by atoms with Gasteiger partial charge in [-0.3, -0.25) is 19.7 Å². The van der Waals surface area contributed by atoms with Crippen LogP contribution in [0, 0.1) is 23.7 Å². The van der Waals surface area contributed by atoms with E-state index in [0.717, 1.165) is 19.3 Å². The molecular weight excluding hydrogens is 403 g/mol. The van der Waals surface area contributed by atoms with Crippen molar-refractivity contribution in [2.45, 2.75) is 76.5 Å². The lowest BCUT2D eigenvalue weighted by Gasteiger charge is -2.32. The van der Waals surface area contributed by atoms with Crippen molar-refractivity contribution < 1.29 is 23.6 Å². The Morgan fingerprint density at radius 3 is 2.71 bits per heavy atom. The number of likely N-dealkylation sites (tertiary alicyclic amines) is 1. The Hall–Kier alpha value is -2.19. The fraction of sp³-hybridized carbons (Fsp3) is 0.818. The fourth-order valence-corrected chi connectivity index (χ4v) is 5.79. The molecule has 0 aromatic heterocycles. The third-order valence-corrected chi connectivity index (χ3v) is 7.62. The van der Waals surface area contributed by atoms with E-state index in [4.69, 9.17) is 0 Å². The highest BCUT2D eigenvalue weighted by Crippen LogP contribution is 2.41. The standard InChI is InChI=1S/C22H33FN4O4/c1-12-2-5-16(23)17(8-12)25-22(31)24-10-13-3-4-14-11-27(21(30)15(14)9-13)18-6-7-19(28)26-20(18)29/h12-18H,2-11H2,1H3,(H2,24,25,31)(H,26,28,29). The Morgan fingerprint density at radius 1 is 1.13 bits per heavy atom. The number of imide groups is 1. The van der Waals surface area contributed by atoms with Crippen LogP contribution < -0.4 is 16.0 Å². The molecule has 31 heavy (non-hydrogen) atoms. The van der Waals surface area contributed by atoms with Crippen molar-refractivity contribution in [3.05, 3.63) is 0 Å². The molecule has 3 N–H and O–H groups in total. The van der Waals surface area contributed by atoms with Crippen LogP contribution in [0.2, 0.25) is 0 Å². The largest absolute Gasteiger partial charge is 0.338 e. The zero-order valence-electron chi connectivity index (χ0n) is 18.1. The molecule has 2 aliphatic heterocycles. The molecule has 7 atom stereocenters. The van der Waals surface area contributed by atoms with Crippen LogP contribution in [0.5, 0.6) is 0 Å². The highest BCUT2D eigenvalue weighted by Gasteiger charge is 2.48. The van der Waals surface area contributed by atoms with Gasteiger partial charge in [-0.05, 0) is 62.7 Å². The molecule has 172 valence electrons. The molecule has 4 aliphatic rings. The van der Waals surface area contributed by atoms with E-state index in [1.807, 2.05) is 0 Å². The molecule has 7 unspecified atom stereocenters. The Balaban J connectivity index is 1.26. The van der Waals surface area contributed by atoms with Crippen LogP contribution in [-0.4, -0.2) is 60.0 Å². The number of carbonyl (C=O) groups excluding carboxylic acids is 4. The normalized spacial score (nSPS) is 38.5. The van der Waals surface area contributed by atoms with Crippen molar-refractivity contribution >= 4 is 23.8 Å². The number of piperidine rings is 1. The first kappa shape index (κ1) is 22.0. The second kappa shape index (κ2) is 9.12. The van der Waals surface area contributed by atoms with E-state index in [1.165, 1.54) is 0 Å². The Morgan fingerprint density at radius 2 is 1.94 bits per heavy atom. The number of hydrogen-bond donors (Lipinski definition) is 3. The lowest BCUT2D eigenvalue weighted by Crippen LogP contribution is -2.53. The second-order valence-electron chi connectivity index (χ2n) is 9.90. The smallest absolute Gasteiger partial charge is 0.315 e. The summed E-state index contributed by atoms with van der Waals surface area (Å²) in [6.07, 6.45) is 4.12. The maximum absolute atomic E-state index is 14.1. The predicted molar refractivity (Wildman–Crippen MR) is 110 cm³/mol. The van der Waals surface area contributed by atoms with Crippen LogP contribution in [0.4, 0.5) is 9.18 Å². The summed E-state index contributed by atoms with van der Waals surface area (Å²) in [7, 11) is 0. The summed E-state index contributed by atoms with van der Waals surface area (Å²) in [6, 6.07) is -1.32. The molecule has 4 rings (SSSR count). The lowest BCUT2D eigenvalue weighted by atomic mass is 9.75. The van der Waals surface area contributed by atoms with Gasteiger partial charge in [-0.1, -0.05) is 6.92 Å². The zero-order valence-corrected chi connectivity index (χ0v) is 18.1. The predicted octanol–water partition coefficient (Wildman–Crippen LogP) is 1.49. The van der Waals surface area contributed by atoms with Crippen LogP contribution in [0.3, 0.4) is 0 Å². The van der Waals surface area contributed by atoms with Crippen LogP contribution in [0.25, 0.3) is 0 Å². The van der Waals surface area contributed by atoms with E-state index in [2.05, 4.69) is 22.9 Å². The van der Waals surface area contributed by atoms with Gasteiger partial charge < -0.3 is 15.5 Å². The number of nitrogens with zero attached hydrogens (tertiary/aromatic N) is 1. The minimum Gasteiger partial charge on any atom is -0.338 e. The van der Waals surface area contributed by atoms with E-state index in [-0.39, 0.29) is 47.9 Å². The summed E-state index contributed by atoms with van der Waals surface area (Å²) in [5, 5.41) is 7.99. The Bertz CT molecular complexity index is 747. The number of halogens is 1. The van der Waals surface area contributed by atoms with E-state index >= 15 is 0 Å². The van der Waals surface area contributed by atoms with Crippen LogP contribution >= 0.6 is 0 Å². The minimum absolute atomic E-state index is 0.00915. The zero-order chi connectivity index (χ0) is 22.1. The number of amides is 5. The number of alkyl halides is 1. The van der Waals surface area contributed by atoms with Crippen molar-refractivity contribution in [1.82, 2.24) is 20.9 Å². The van der Waals surface area contributed by atoms with Crippen LogP contribution in [0.15, 0.2) is 0 Å². The number of hydrogen-bond acceptors (Lipinski definition) is 4. The van der Waals surface area contributed by atoms with Crippen LogP contribution in [-0.2, 0) is 14.4 Å². The molecule has 5 amide bonds. The van der Waals surface area contributed by atoms with E-state index < -0.39 is 18.3 Å². The van der Waals surface area contributed by atoms with Gasteiger partial charge in [0.25, 0.3) is 0 Å². The summed E-state index contributed by atoms with van der Waals surface area (Å²) in [5.41, 5.74) is 0. The van der Waals surface area contributed by atoms with Gasteiger partial charge in [0, 0.05) is 25.4 Å². The van der Waals surface area contributed by atoms with Gasteiger partial charge in [0.2, 0.25) is 17.7 Å². The highest BCUT2D eigenvalue weighted by molar-refractivity contribution is 6.02. The van der Waals surface area contributed by atoms with Crippen molar-refractivity contribution in [2.24, 2.45) is 23.7 Å². The summed E-state index contributed by atoms with van der Waals surface area (Å²) in [4.78, 5) is 50.5. The maximum atomic E-state index is 14.1. The van der Waals surface area contributed by atoms with Crippen molar-refractivity contribution in [1.29, 1.82) is 0 Å². The van der Waals surface area contributed by atoms with Gasteiger partial charge in [-0.15, -0.1) is 0 Å². The van der Waals surface area contributed by atoms with E-state index in [9.17, 15) is 23.6 Å². The molecular formula is C22H33FN4O4. The van der Waals surface area contributed by atoms with Crippen molar-refractivity contribution in [2.75, 3.05) is 13.1 Å². The molecule has 0 spiro atoms. The molecule has 0 bridgehead atoms. The first-order valence-corrected chi connectivity index (χ1v) is 11.6. The average Bonchev–Trinajstić information content (AvgIpc) is 3.05. The molecule has 9 heteroatoms. The molecule has 2 saturated heterocycles. The number of nitrogens with one attached hydrogen (secondary N) is 3. The number of carbonyl (C=O) groups is 4. The molecule has 0 aromatic rings. The Labute approximate surface area is 182 Å². The minimum atomic E-state index is -0.994. The van der Waals surface area contributed by atoms with Crippen molar-refractivity contribution in [3.63, 3.8) is 0 Å². The topological polar surface area (TPSA) is 108 Å². The summed E-state index contributed by atoms with van der Waals surface area (Å²) in [5.74, 6) is 0.0165. The number of urea groups is 1. The number of rotatable bonds is 4. The van der Waals surface area contributed by atoms with E-state index in [1.54, 1.807) is 4.90 Å². The number of fused-ring (bicyclic) bond motifs is 1. The van der Waals surface area contributed by atoms with Gasteiger partial charge in [0.1, 0.15) is 12.2 Å². The second-order valence-corrected chi connectivity index (χ2v) is 9.90. The van der Waals surface area contributed by atoms with E-state index in [0.29, 0.717) is 44.7 Å². The highest BCUT2D eigenvalue weighted by atomic mass is 19.1. The van der Waals surface area contributed by atoms with Gasteiger partial charge in [0.15, 0.2) is 0 Å². The molecule has 8 nitrogen and oxygen atoms in total. The molecule has 0 aromatic carbocycles. The third kappa shape index (κ3) is 4.85. The first-order valence-electron chi connectivity index (χ1n) is 11.6. The fourth-order valence-electron chi connectivity index (χ4n) is 5.79. The SMILES string of the molecule is CC1CCC(F)C(NC(=O)NCC2CCC3CN(C4CCC(=O)NC4=O)C(=O)C3C2)C1. The Kier molecular flexibility index (Phi) is 6.48. The molecule has 2 saturated carbocycles. The van der Waals surface area contributed by atoms with Gasteiger partial charge >= 0.3 is 6.03 Å².